The summed E-state index contributed by atoms with van der Waals surface area (Å²) in [5, 5.41) is 2.30. The molecule has 5 nitrogen and oxygen atoms in total. The van der Waals surface area contributed by atoms with Gasteiger partial charge in [0.25, 0.3) is 5.91 Å². The SMILES string of the molecule is CN(C)C[C@H]1[C@H]2CN(C(=O)COc3ccc4ccccc4c3)C[C@]23CC[C@H]1O3. The zero-order valence-corrected chi connectivity index (χ0v) is 16.6. The Balaban J connectivity index is 1.24. The molecule has 1 spiro atoms. The first-order valence-electron chi connectivity index (χ1n) is 10.3. The minimum absolute atomic E-state index is 0.0626. The molecule has 3 aliphatic heterocycles. The molecule has 4 atom stereocenters. The molecule has 2 aromatic carbocycles. The molecular weight excluding hydrogens is 352 g/mol. The van der Waals surface area contributed by atoms with Crippen molar-refractivity contribution >= 4 is 16.7 Å². The summed E-state index contributed by atoms with van der Waals surface area (Å²) in [5.74, 6) is 1.79. The fraction of sp³-hybridized carbons (Fsp3) is 0.522. The Morgan fingerprint density at radius 3 is 2.89 bits per heavy atom. The maximum atomic E-state index is 12.8. The predicted molar refractivity (Wildman–Crippen MR) is 108 cm³/mol. The summed E-state index contributed by atoms with van der Waals surface area (Å²) in [7, 11) is 4.24. The van der Waals surface area contributed by atoms with Crippen molar-refractivity contribution in [3.63, 3.8) is 0 Å². The Labute approximate surface area is 166 Å². The van der Waals surface area contributed by atoms with E-state index in [4.69, 9.17) is 9.47 Å². The molecule has 28 heavy (non-hydrogen) atoms. The van der Waals surface area contributed by atoms with Crippen LogP contribution in [0.3, 0.4) is 0 Å². The summed E-state index contributed by atoms with van der Waals surface area (Å²) in [5.41, 5.74) is -0.107. The topological polar surface area (TPSA) is 42.0 Å². The minimum atomic E-state index is -0.107. The van der Waals surface area contributed by atoms with E-state index in [-0.39, 0.29) is 18.1 Å². The molecule has 0 aliphatic carbocycles. The van der Waals surface area contributed by atoms with E-state index < -0.39 is 0 Å². The molecule has 5 heteroatoms. The van der Waals surface area contributed by atoms with Gasteiger partial charge >= 0.3 is 0 Å². The number of carbonyl (C=O) groups is 1. The number of nitrogens with zero attached hydrogens (tertiary/aromatic N) is 2. The molecule has 0 aromatic heterocycles. The number of hydrogen-bond donors (Lipinski definition) is 0. The molecule has 0 radical (unpaired) electrons. The van der Waals surface area contributed by atoms with E-state index in [0.717, 1.165) is 43.6 Å². The fourth-order valence-electron chi connectivity index (χ4n) is 5.54. The van der Waals surface area contributed by atoms with Crippen LogP contribution in [0.5, 0.6) is 5.75 Å². The number of benzene rings is 2. The van der Waals surface area contributed by atoms with Crippen molar-refractivity contribution < 1.29 is 14.3 Å². The molecule has 3 aliphatic rings. The van der Waals surface area contributed by atoms with Crippen LogP contribution in [0.2, 0.25) is 0 Å². The van der Waals surface area contributed by atoms with Gasteiger partial charge in [-0.1, -0.05) is 30.3 Å². The minimum Gasteiger partial charge on any atom is -0.484 e. The number of ether oxygens (including phenoxy) is 2. The average Bonchev–Trinajstić information content (AvgIpc) is 3.35. The highest BCUT2D eigenvalue weighted by Crippen LogP contribution is 2.54. The third-order valence-corrected chi connectivity index (χ3v) is 6.80. The first-order chi connectivity index (χ1) is 13.5. The average molecular weight is 380 g/mol. The van der Waals surface area contributed by atoms with Crippen LogP contribution in [-0.4, -0.2) is 67.7 Å². The fourth-order valence-corrected chi connectivity index (χ4v) is 5.54. The summed E-state index contributed by atoms with van der Waals surface area (Å²) < 4.78 is 12.3. The first kappa shape index (κ1) is 18.0. The van der Waals surface area contributed by atoms with Crippen molar-refractivity contribution in [2.45, 2.75) is 24.5 Å². The van der Waals surface area contributed by atoms with Crippen LogP contribution in [0.15, 0.2) is 42.5 Å². The van der Waals surface area contributed by atoms with Gasteiger partial charge < -0.3 is 19.3 Å². The number of carbonyl (C=O) groups excluding carboxylic acids is 1. The molecule has 5 rings (SSSR count). The number of amides is 1. The van der Waals surface area contributed by atoms with Gasteiger partial charge in [-0.3, -0.25) is 4.79 Å². The van der Waals surface area contributed by atoms with Crippen LogP contribution in [0.4, 0.5) is 0 Å². The van der Waals surface area contributed by atoms with E-state index >= 15 is 0 Å². The van der Waals surface area contributed by atoms with Gasteiger partial charge in [-0.25, -0.2) is 0 Å². The Kier molecular flexibility index (Phi) is 4.33. The van der Waals surface area contributed by atoms with Gasteiger partial charge in [0.15, 0.2) is 6.61 Å². The second kappa shape index (κ2) is 6.75. The van der Waals surface area contributed by atoms with Gasteiger partial charge in [0.1, 0.15) is 5.75 Å². The summed E-state index contributed by atoms with van der Waals surface area (Å²) in [6.07, 6.45) is 2.59. The quantitative estimate of drug-likeness (QED) is 0.800. The molecule has 0 saturated carbocycles. The Morgan fingerprint density at radius 2 is 2.07 bits per heavy atom. The molecule has 0 unspecified atom stereocenters. The lowest BCUT2D eigenvalue weighted by atomic mass is 9.73. The molecule has 3 saturated heterocycles. The monoisotopic (exact) mass is 380 g/mol. The first-order valence-corrected chi connectivity index (χ1v) is 10.3. The maximum Gasteiger partial charge on any atom is 0.260 e. The van der Waals surface area contributed by atoms with Crippen molar-refractivity contribution in [3.8, 4) is 5.75 Å². The Morgan fingerprint density at radius 1 is 1.25 bits per heavy atom. The van der Waals surface area contributed by atoms with Crippen LogP contribution in [0.25, 0.3) is 10.8 Å². The van der Waals surface area contributed by atoms with Crippen molar-refractivity contribution in [2.24, 2.45) is 11.8 Å². The van der Waals surface area contributed by atoms with Gasteiger partial charge in [-0.05, 0) is 49.8 Å². The third kappa shape index (κ3) is 2.97. The molecule has 148 valence electrons. The number of rotatable bonds is 5. The number of hydrogen-bond acceptors (Lipinski definition) is 4. The van der Waals surface area contributed by atoms with Crippen molar-refractivity contribution in [1.29, 1.82) is 0 Å². The number of likely N-dealkylation sites (tertiary alicyclic amines) is 1. The second-order valence-electron chi connectivity index (χ2n) is 8.86. The smallest absolute Gasteiger partial charge is 0.260 e. The van der Waals surface area contributed by atoms with Gasteiger partial charge in [0.05, 0.1) is 18.2 Å². The van der Waals surface area contributed by atoms with Crippen molar-refractivity contribution in [2.75, 3.05) is 40.3 Å². The molecule has 2 bridgehead atoms. The van der Waals surface area contributed by atoms with Crippen LogP contribution >= 0.6 is 0 Å². The lowest BCUT2D eigenvalue weighted by molar-refractivity contribution is -0.133. The van der Waals surface area contributed by atoms with Crippen LogP contribution in [0, 0.1) is 11.8 Å². The Hall–Kier alpha value is -2.11. The maximum absolute atomic E-state index is 12.8. The molecule has 2 aromatic rings. The summed E-state index contributed by atoms with van der Waals surface area (Å²) in [6.45, 7) is 2.64. The highest BCUT2D eigenvalue weighted by molar-refractivity contribution is 5.84. The van der Waals surface area contributed by atoms with Gasteiger partial charge in [-0.2, -0.15) is 0 Å². The summed E-state index contributed by atoms with van der Waals surface area (Å²) in [6, 6.07) is 14.1. The second-order valence-corrected chi connectivity index (χ2v) is 8.86. The van der Waals surface area contributed by atoms with Crippen molar-refractivity contribution in [1.82, 2.24) is 9.80 Å². The highest BCUT2D eigenvalue weighted by Gasteiger charge is 2.63. The van der Waals surface area contributed by atoms with Crippen LogP contribution in [0.1, 0.15) is 12.8 Å². The zero-order chi connectivity index (χ0) is 19.3. The van der Waals surface area contributed by atoms with E-state index in [1.807, 2.05) is 35.2 Å². The summed E-state index contributed by atoms with van der Waals surface area (Å²) >= 11 is 0. The predicted octanol–water partition coefficient (Wildman–Crippen LogP) is 2.79. The normalized spacial score (nSPS) is 31.0. The molecule has 3 fully saturated rings. The largest absolute Gasteiger partial charge is 0.484 e. The van der Waals surface area contributed by atoms with E-state index in [1.54, 1.807) is 0 Å². The van der Waals surface area contributed by atoms with Crippen LogP contribution in [-0.2, 0) is 9.53 Å². The zero-order valence-electron chi connectivity index (χ0n) is 16.6. The number of fused-ring (bicyclic) bond motifs is 2. The molecule has 1 amide bonds. The lowest BCUT2D eigenvalue weighted by Crippen LogP contribution is -2.40. The van der Waals surface area contributed by atoms with Gasteiger partial charge in [0.2, 0.25) is 0 Å². The third-order valence-electron chi connectivity index (χ3n) is 6.80. The van der Waals surface area contributed by atoms with E-state index in [2.05, 4.69) is 31.1 Å². The van der Waals surface area contributed by atoms with E-state index in [1.165, 1.54) is 5.39 Å². The summed E-state index contributed by atoms with van der Waals surface area (Å²) in [4.78, 5) is 17.1. The highest BCUT2D eigenvalue weighted by atomic mass is 16.5. The molecule has 3 heterocycles. The van der Waals surface area contributed by atoms with E-state index in [9.17, 15) is 4.79 Å². The van der Waals surface area contributed by atoms with Crippen LogP contribution < -0.4 is 4.74 Å². The molecular formula is C23H28N2O3. The van der Waals surface area contributed by atoms with E-state index in [0.29, 0.717) is 17.9 Å². The van der Waals surface area contributed by atoms with Gasteiger partial charge in [0, 0.05) is 24.9 Å². The lowest BCUT2D eigenvalue weighted by Gasteiger charge is -2.30. The van der Waals surface area contributed by atoms with Gasteiger partial charge in [-0.15, -0.1) is 0 Å². The standard InChI is InChI=1S/C23H28N2O3/c1-24(2)12-19-20-13-25(15-23(20)10-9-21(19)28-23)22(26)14-27-18-8-7-16-5-3-4-6-17(16)11-18/h3-8,11,19-21H,9-10,12-15H2,1-2H3/t19-,20+,21+,23+/m0/s1. The Bertz CT molecular complexity index is 898. The molecule has 0 N–H and O–H groups in total. The van der Waals surface area contributed by atoms with Crippen molar-refractivity contribution in [3.05, 3.63) is 42.5 Å².